The van der Waals surface area contributed by atoms with Crippen LogP contribution in [0.2, 0.25) is 0 Å². The molecule has 1 aliphatic rings. The molecule has 0 spiro atoms. The highest BCUT2D eigenvalue weighted by atomic mass is 32.2. The molecule has 1 aromatic carbocycles. The fourth-order valence-electron chi connectivity index (χ4n) is 2.16. The number of hydrogen-bond donors (Lipinski definition) is 1. The van der Waals surface area contributed by atoms with Crippen LogP contribution in [-0.4, -0.2) is 35.2 Å². The number of phenols is 1. The molecule has 1 fully saturated rings. The van der Waals surface area contributed by atoms with Crippen molar-refractivity contribution in [2.45, 2.75) is 12.3 Å². The van der Waals surface area contributed by atoms with Crippen LogP contribution < -0.4 is 0 Å². The lowest BCUT2D eigenvalue weighted by molar-refractivity contribution is 0.417. The molecule has 1 aliphatic heterocycles. The Kier molecular flexibility index (Phi) is 2.78. The van der Waals surface area contributed by atoms with Gasteiger partial charge in [-0.2, -0.15) is 4.98 Å². The third-order valence-corrected chi connectivity index (χ3v) is 4.90. The number of phenolic OH excluding ortho intramolecular Hbond substituents is 1. The van der Waals surface area contributed by atoms with Crippen molar-refractivity contribution >= 4 is 9.84 Å². The summed E-state index contributed by atoms with van der Waals surface area (Å²) in [5.74, 6) is 0.870. The molecule has 1 atom stereocenters. The Morgan fingerprint density at radius 3 is 2.89 bits per heavy atom. The Labute approximate surface area is 110 Å². The molecular weight excluding hydrogens is 268 g/mol. The summed E-state index contributed by atoms with van der Waals surface area (Å²) >= 11 is 0. The largest absolute Gasteiger partial charge is 0.508 e. The molecule has 2 heterocycles. The smallest absolute Gasteiger partial charge is 0.258 e. The summed E-state index contributed by atoms with van der Waals surface area (Å²) in [6.07, 6.45) is 0.529. The average Bonchev–Trinajstić information content (AvgIpc) is 2.95. The van der Waals surface area contributed by atoms with Gasteiger partial charge < -0.3 is 9.63 Å². The number of benzene rings is 1. The summed E-state index contributed by atoms with van der Waals surface area (Å²) in [6.45, 7) is 0. The summed E-state index contributed by atoms with van der Waals surface area (Å²) in [4.78, 5) is 4.22. The van der Waals surface area contributed by atoms with Gasteiger partial charge in [0.25, 0.3) is 5.89 Å². The topological polar surface area (TPSA) is 93.3 Å². The van der Waals surface area contributed by atoms with Crippen molar-refractivity contribution in [2.24, 2.45) is 0 Å². The molecule has 0 aliphatic carbocycles. The van der Waals surface area contributed by atoms with E-state index in [-0.39, 0.29) is 29.1 Å². The molecule has 0 saturated carbocycles. The number of sulfone groups is 1. The second-order valence-electron chi connectivity index (χ2n) is 4.61. The number of aromatic nitrogens is 2. The first-order chi connectivity index (χ1) is 9.03. The van der Waals surface area contributed by atoms with Crippen molar-refractivity contribution in [3.63, 3.8) is 0 Å². The van der Waals surface area contributed by atoms with Gasteiger partial charge in [-0.15, -0.1) is 0 Å². The summed E-state index contributed by atoms with van der Waals surface area (Å²) in [6, 6.07) is 6.48. The third-order valence-electron chi connectivity index (χ3n) is 3.13. The van der Waals surface area contributed by atoms with Crippen molar-refractivity contribution in [1.82, 2.24) is 10.1 Å². The monoisotopic (exact) mass is 280 g/mol. The molecule has 0 radical (unpaired) electrons. The maximum atomic E-state index is 11.4. The second kappa shape index (κ2) is 4.34. The molecule has 1 aromatic heterocycles. The van der Waals surface area contributed by atoms with Crippen molar-refractivity contribution in [1.29, 1.82) is 0 Å². The van der Waals surface area contributed by atoms with Crippen molar-refractivity contribution in [3.8, 4) is 17.2 Å². The molecule has 2 aromatic rings. The molecule has 1 N–H and O–H groups in total. The van der Waals surface area contributed by atoms with Crippen LogP contribution in [0.25, 0.3) is 11.5 Å². The fraction of sp³-hybridized carbons (Fsp3) is 0.333. The molecule has 3 rings (SSSR count). The van der Waals surface area contributed by atoms with E-state index in [0.717, 1.165) is 0 Å². The lowest BCUT2D eigenvalue weighted by Gasteiger charge is -1.98. The highest BCUT2D eigenvalue weighted by Gasteiger charge is 2.32. The second-order valence-corrected chi connectivity index (χ2v) is 6.84. The van der Waals surface area contributed by atoms with Crippen molar-refractivity contribution < 1.29 is 18.0 Å². The van der Waals surface area contributed by atoms with Crippen LogP contribution in [0.3, 0.4) is 0 Å². The Hall–Kier alpha value is -1.89. The minimum absolute atomic E-state index is 0.0754. The van der Waals surface area contributed by atoms with E-state index in [1.165, 1.54) is 6.07 Å². The van der Waals surface area contributed by atoms with Gasteiger partial charge in [0.1, 0.15) is 5.75 Å². The Bertz CT molecular complexity index is 708. The molecule has 0 bridgehead atoms. The molecule has 19 heavy (non-hydrogen) atoms. The molecule has 7 heteroatoms. The zero-order chi connectivity index (χ0) is 13.5. The predicted molar refractivity (Wildman–Crippen MR) is 67.4 cm³/mol. The lowest BCUT2D eigenvalue weighted by Crippen LogP contribution is -2.04. The van der Waals surface area contributed by atoms with E-state index in [2.05, 4.69) is 10.1 Å². The van der Waals surface area contributed by atoms with Gasteiger partial charge in [-0.05, 0) is 24.6 Å². The van der Waals surface area contributed by atoms with Crippen LogP contribution in [0.5, 0.6) is 5.75 Å². The van der Waals surface area contributed by atoms with Crippen LogP contribution in [0.4, 0.5) is 0 Å². The quantitative estimate of drug-likeness (QED) is 0.892. The third kappa shape index (κ3) is 2.46. The van der Waals surface area contributed by atoms with E-state index in [1.54, 1.807) is 18.2 Å². The summed E-state index contributed by atoms with van der Waals surface area (Å²) < 4.78 is 28.0. The first-order valence-electron chi connectivity index (χ1n) is 5.87. The van der Waals surface area contributed by atoms with Gasteiger partial charge in [0, 0.05) is 11.5 Å². The lowest BCUT2D eigenvalue weighted by atomic mass is 10.1. The Morgan fingerprint density at radius 1 is 1.37 bits per heavy atom. The van der Waals surface area contributed by atoms with Crippen LogP contribution >= 0.6 is 0 Å². The van der Waals surface area contributed by atoms with Crippen LogP contribution in [0.15, 0.2) is 28.8 Å². The van der Waals surface area contributed by atoms with Crippen molar-refractivity contribution in [2.75, 3.05) is 11.5 Å². The number of aromatic hydroxyl groups is 1. The van der Waals surface area contributed by atoms with Gasteiger partial charge in [0.05, 0.1) is 11.5 Å². The van der Waals surface area contributed by atoms with E-state index in [4.69, 9.17) is 4.52 Å². The van der Waals surface area contributed by atoms with E-state index in [0.29, 0.717) is 17.8 Å². The first kappa shape index (κ1) is 12.2. The number of nitrogens with zero attached hydrogens (tertiary/aromatic N) is 2. The SMILES string of the molecule is O=S1(=O)CCC(c2noc(-c3cccc(O)c3)n2)C1. The fourth-order valence-corrected chi connectivity index (χ4v) is 3.89. The van der Waals surface area contributed by atoms with Crippen LogP contribution in [0.1, 0.15) is 18.2 Å². The summed E-state index contributed by atoms with van der Waals surface area (Å²) in [5.41, 5.74) is 0.611. The summed E-state index contributed by atoms with van der Waals surface area (Å²) in [5, 5.41) is 13.2. The van der Waals surface area contributed by atoms with E-state index in [9.17, 15) is 13.5 Å². The molecule has 6 nitrogen and oxygen atoms in total. The molecule has 100 valence electrons. The van der Waals surface area contributed by atoms with Gasteiger partial charge in [0.15, 0.2) is 15.7 Å². The minimum atomic E-state index is -2.97. The molecular formula is C12H12N2O4S. The molecule has 1 unspecified atom stereocenters. The predicted octanol–water partition coefficient (Wildman–Crippen LogP) is 1.34. The number of hydrogen-bond acceptors (Lipinski definition) is 6. The zero-order valence-electron chi connectivity index (χ0n) is 9.98. The van der Waals surface area contributed by atoms with Crippen LogP contribution in [-0.2, 0) is 9.84 Å². The minimum Gasteiger partial charge on any atom is -0.508 e. The zero-order valence-corrected chi connectivity index (χ0v) is 10.8. The van der Waals surface area contributed by atoms with Crippen LogP contribution in [0, 0.1) is 0 Å². The number of rotatable bonds is 2. The van der Waals surface area contributed by atoms with Crippen molar-refractivity contribution in [3.05, 3.63) is 30.1 Å². The summed E-state index contributed by atoms with van der Waals surface area (Å²) in [7, 11) is -2.97. The van der Waals surface area contributed by atoms with Gasteiger partial charge in [-0.1, -0.05) is 11.2 Å². The molecule has 1 saturated heterocycles. The van der Waals surface area contributed by atoms with Gasteiger partial charge in [0.2, 0.25) is 0 Å². The Morgan fingerprint density at radius 2 is 2.21 bits per heavy atom. The maximum absolute atomic E-state index is 11.4. The maximum Gasteiger partial charge on any atom is 0.258 e. The van der Waals surface area contributed by atoms with E-state index in [1.807, 2.05) is 0 Å². The van der Waals surface area contributed by atoms with Gasteiger partial charge in [-0.25, -0.2) is 8.42 Å². The van der Waals surface area contributed by atoms with E-state index < -0.39 is 9.84 Å². The van der Waals surface area contributed by atoms with E-state index >= 15 is 0 Å². The molecule has 0 amide bonds. The normalized spacial score (nSPS) is 21.6. The standard InChI is InChI=1S/C12H12N2O4S/c15-10-3-1-2-8(6-10)12-13-11(14-18-12)9-4-5-19(16,17)7-9/h1-3,6,9,15H,4-5,7H2. The highest BCUT2D eigenvalue weighted by Crippen LogP contribution is 2.29. The highest BCUT2D eigenvalue weighted by molar-refractivity contribution is 7.91. The van der Waals surface area contributed by atoms with Gasteiger partial charge >= 0.3 is 0 Å². The average molecular weight is 280 g/mol. The Balaban J connectivity index is 1.88. The first-order valence-corrected chi connectivity index (χ1v) is 7.69. The van der Waals surface area contributed by atoms with Gasteiger partial charge in [-0.3, -0.25) is 0 Å².